The maximum absolute atomic E-state index is 10.2. The van der Waals surface area contributed by atoms with Crippen LogP contribution in [-0.4, -0.2) is 5.11 Å². The van der Waals surface area contributed by atoms with Crippen molar-refractivity contribution in [2.75, 3.05) is 5.73 Å². The van der Waals surface area contributed by atoms with Crippen molar-refractivity contribution in [2.24, 2.45) is 0 Å². The van der Waals surface area contributed by atoms with Crippen molar-refractivity contribution in [3.8, 4) is 5.75 Å². The van der Waals surface area contributed by atoms with E-state index in [9.17, 15) is 5.11 Å². The van der Waals surface area contributed by atoms with Crippen molar-refractivity contribution >= 4 is 5.69 Å². The van der Waals surface area contributed by atoms with Gasteiger partial charge < -0.3 is 10.8 Å². The van der Waals surface area contributed by atoms with E-state index in [0.29, 0.717) is 11.7 Å². The molecular formula is C24H35NO. The van der Waals surface area contributed by atoms with Crippen LogP contribution < -0.4 is 5.73 Å². The lowest BCUT2D eigenvalue weighted by Gasteiger charge is -2.17. The molecule has 2 heteroatoms. The Morgan fingerprint density at radius 1 is 0.923 bits per heavy atom. The van der Waals surface area contributed by atoms with Gasteiger partial charge in [-0.25, -0.2) is 0 Å². The second-order valence-electron chi connectivity index (χ2n) is 7.94. The van der Waals surface area contributed by atoms with Crippen LogP contribution in [0.5, 0.6) is 5.75 Å². The normalized spacial score (nSPS) is 11.3. The SMILES string of the molecule is CCCc1cc(CCCCc2cc(C)cc(N)c2C(C)C)cc(O)c1C. The van der Waals surface area contributed by atoms with E-state index >= 15 is 0 Å². The molecule has 2 aromatic carbocycles. The van der Waals surface area contributed by atoms with Crippen molar-refractivity contribution in [3.63, 3.8) is 0 Å². The van der Waals surface area contributed by atoms with Gasteiger partial charge >= 0.3 is 0 Å². The summed E-state index contributed by atoms with van der Waals surface area (Å²) in [5.41, 5.74) is 14.7. The number of rotatable bonds is 8. The average Bonchev–Trinajstić information content (AvgIpc) is 2.55. The summed E-state index contributed by atoms with van der Waals surface area (Å²) >= 11 is 0. The van der Waals surface area contributed by atoms with Crippen molar-refractivity contribution in [1.29, 1.82) is 0 Å². The van der Waals surface area contributed by atoms with E-state index in [0.717, 1.165) is 49.8 Å². The summed E-state index contributed by atoms with van der Waals surface area (Å²) in [5, 5.41) is 10.2. The lowest BCUT2D eigenvalue weighted by Crippen LogP contribution is -2.04. The second-order valence-corrected chi connectivity index (χ2v) is 7.94. The molecule has 2 rings (SSSR count). The molecule has 0 heterocycles. The van der Waals surface area contributed by atoms with Crippen LogP contribution in [0, 0.1) is 13.8 Å². The molecule has 0 fully saturated rings. The van der Waals surface area contributed by atoms with Crippen LogP contribution in [0.3, 0.4) is 0 Å². The first kappa shape index (κ1) is 20.4. The molecule has 0 saturated heterocycles. The van der Waals surface area contributed by atoms with Crippen molar-refractivity contribution in [1.82, 2.24) is 0 Å². The summed E-state index contributed by atoms with van der Waals surface area (Å²) in [7, 11) is 0. The van der Waals surface area contributed by atoms with Gasteiger partial charge in [-0.2, -0.15) is 0 Å². The van der Waals surface area contributed by atoms with Gasteiger partial charge in [0.25, 0.3) is 0 Å². The minimum atomic E-state index is 0.444. The van der Waals surface area contributed by atoms with Crippen LogP contribution in [0.15, 0.2) is 24.3 Å². The highest BCUT2D eigenvalue weighted by Crippen LogP contribution is 2.29. The molecule has 26 heavy (non-hydrogen) atoms. The molecule has 0 radical (unpaired) electrons. The first-order valence-corrected chi connectivity index (χ1v) is 10.0. The Hall–Kier alpha value is -1.96. The molecule has 0 amide bonds. The summed E-state index contributed by atoms with van der Waals surface area (Å²) in [4.78, 5) is 0. The summed E-state index contributed by atoms with van der Waals surface area (Å²) in [6, 6.07) is 8.60. The minimum absolute atomic E-state index is 0.444. The number of nitrogens with two attached hydrogens (primary N) is 1. The van der Waals surface area contributed by atoms with Crippen LogP contribution in [0.1, 0.15) is 79.3 Å². The van der Waals surface area contributed by atoms with Gasteiger partial charge in [-0.15, -0.1) is 0 Å². The van der Waals surface area contributed by atoms with Crippen LogP contribution in [0.4, 0.5) is 5.69 Å². The van der Waals surface area contributed by atoms with Crippen LogP contribution >= 0.6 is 0 Å². The zero-order valence-corrected chi connectivity index (χ0v) is 17.2. The number of hydrogen-bond acceptors (Lipinski definition) is 2. The molecule has 0 bridgehead atoms. The predicted molar refractivity (Wildman–Crippen MR) is 113 cm³/mol. The van der Waals surface area contributed by atoms with Crippen LogP contribution in [0.2, 0.25) is 0 Å². The molecule has 3 N–H and O–H groups in total. The van der Waals surface area contributed by atoms with Gasteiger partial charge in [0, 0.05) is 5.69 Å². The lowest BCUT2D eigenvalue weighted by molar-refractivity contribution is 0.469. The third-order valence-corrected chi connectivity index (χ3v) is 5.25. The third kappa shape index (κ3) is 5.03. The number of hydrogen-bond donors (Lipinski definition) is 2. The van der Waals surface area contributed by atoms with Gasteiger partial charge in [0.1, 0.15) is 5.75 Å². The van der Waals surface area contributed by atoms with Gasteiger partial charge in [-0.3, -0.25) is 0 Å². The van der Waals surface area contributed by atoms with Crippen molar-refractivity contribution < 1.29 is 5.11 Å². The molecule has 0 aromatic heterocycles. The zero-order chi connectivity index (χ0) is 19.3. The minimum Gasteiger partial charge on any atom is -0.508 e. The maximum Gasteiger partial charge on any atom is 0.119 e. The third-order valence-electron chi connectivity index (χ3n) is 5.25. The first-order valence-electron chi connectivity index (χ1n) is 10.0. The molecule has 0 saturated carbocycles. The Kier molecular flexibility index (Phi) is 7.14. The molecular weight excluding hydrogens is 318 g/mol. The van der Waals surface area contributed by atoms with Crippen molar-refractivity contribution in [2.45, 2.75) is 79.1 Å². The second kappa shape index (κ2) is 9.12. The van der Waals surface area contributed by atoms with Gasteiger partial charge in [-0.05, 0) is 97.4 Å². The zero-order valence-electron chi connectivity index (χ0n) is 17.2. The number of phenols is 1. The molecule has 0 aliphatic rings. The predicted octanol–water partition coefficient (Wildman–Crippen LogP) is 6.23. The Morgan fingerprint density at radius 3 is 2.27 bits per heavy atom. The van der Waals surface area contributed by atoms with E-state index in [1.165, 1.54) is 27.8 Å². The highest BCUT2D eigenvalue weighted by atomic mass is 16.3. The Morgan fingerprint density at radius 2 is 1.62 bits per heavy atom. The molecule has 0 spiro atoms. The Bertz CT molecular complexity index is 746. The highest BCUT2D eigenvalue weighted by molar-refractivity contribution is 5.55. The average molecular weight is 354 g/mol. The van der Waals surface area contributed by atoms with Gasteiger partial charge in [0.05, 0.1) is 0 Å². The van der Waals surface area contributed by atoms with Crippen LogP contribution in [0.25, 0.3) is 0 Å². The number of unbranched alkanes of at least 4 members (excludes halogenated alkanes) is 1. The molecule has 142 valence electrons. The summed E-state index contributed by atoms with van der Waals surface area (Å²) < 4.78 is 0. The summed E-state index contributed by atoms with van der Waals surface area (Å²) in [5.74, 6) is 0.899. The molecule has 0 unspecified atom stereocenters. The fourth-order valence-corrected chi connectivity index (χ4v) is 3.95. The van der Waals surface area contributed by atoms with E-state index in [2.05, 4.69) is 45.9 Å². The monoisotopic (exact) mass is 353 g/mol. The molecule has 0 atom stereocenters. The first-order chi connectivity index (χ1) is 12.3. The molecule has 0 aliphatic heterocycles. The van der Waals surface area contributed by atoms with E-state index in [1.54, 1.807) is 0 Å². The van der Waals surface area contributed by atoms with Gasteiger partial charge in [0.15, 0.2) is 0 Å². The quantitative estimate of drug-likeness (QED) is 0.436. The standard InChI is InChI=1S/C24H35NO/c1-6-9-20-14-19(15-23(26)18(20)5)10-7-8-11-21-12-17(4)13-22(25)24(21)16(2)3/h12-16,26H,6-11,25H2,1-5H3. The van der Waals surface area contributed by atoms with E-state index in [1.807, 2.05) is 13.0 Å². The Balaban J connectivity index is 2.02. The number of nitrogen functional groups attached to an aromatic ring is 1. The maximum atomic E-state index is 10.2. The van der Waals surface area contributed by atoms with E-state index in [4.69, 9.17) is 5.73 Å². The number of anilines is 1. The summed E-state index contributed by atoms with van der Waals surface area (Å²) in [6.45, 7) is 10.8. The topological polar surface area (TPSA) is 46.2 Å². The van der Waals surface area contributed by atoms with Gasteiger partial charge in [-0.1, -0.05) is 39.3 Å². The van der Waals surface area contributed by atoms with Crippen LogP contribution in [-0.2, 0) is 19.3 Å². The summed E-state index contributed by atoms with van der Waals surface area (Å²) in [6.07, 6.45) is 6.49. The van der Waals surface area contributed by atoms with Gasteiger partial charge in [0.2, 0.25) is 0 Å². The van der Waals surface area contributed by atoms with E-state index < -0.39 is 0 Å². The Labute approximate surface area is 159 Å². The fraction of sp³-hybridized carbons (Fsp3) is 0.500. The molecule has 2 aromatic rings. The smallest absolute Gasteiger partial charge is 0.119 e. The highest BCUT2D eigenvalue weighted by Gasteiger charge is 2.11. The molecule has 0 aliphatic carbocycles. The number of aromatic hydroxyl groups is 1. The van der Waals surface area contributed by atoms with Crippen molar-refractivity contribution in [3.05, 3.63) is 57.6 Å². The number of aryl methyl sites for hydroxylation is 4. The lowest BCUT2D eigenvalue weighted by atomic mass is 9.90. The largest absolute Gasteiger partial charge is 0.508 e. The number of phenolic OH excluding ortho intramolecular Hbond substituents is 1. The fourth-order valence-electron chi connectivity index (χ4n) is 3.95. The molecule has 2 nitrogen and oxygen atoms in total. The number of benzene rings is 2. The van der Waals surface area contributed by atoms with E-state index in [-0.39, 0.29) is 0 Å².